The van der Waals surface area contributed by atoms with Gasteiger partial charge in [-0.2, -0.15) is 0 Å². The van der Waals surface area contributed by atoms with Crippen molar-refractivity contribution >= 4 is 17.6 Å². The van der Waals surface area contributed by atoms with Crippen molar-refractivity contribution in [3.05, 3.63) is 34.9 Å². The quantitative estimate of drug-likeness (QED) is 0.841. The van der Waals surface area contributed by atoms with Crippen LogP contribution in [-0.4, -0.2) is 25.7 Å². The molecule has 17 heavy (non-hydrogen) atoms. The number of carbonyl (C=O) groups excluding carboxylic acids is 1. The van der Waals surface area contributed by atoms with E-state index in [-0.39, 0.29) is 17.9 Å². The number of carbonyl (C=O) groups is 1. The van der Waals surface area contributed by atoms with Gasteiger partial charge < -0.3 is 10.1 Å². The van der Waals surface area contributed by atoms with Crippen molar-refractivity contribution in [2.75, 3.05) is 13.7 Å². The summed E-state index contributed by atoms with van der Waals surface area (Å²) in [4.78, 5) is 11.9. The molecule has 0 bridgehead atoms. The number of nitrogens with one attached hydrogen (secondary N) is 1. The number of esters is 1. The molecule has 4 heteroatoms. The van der Waals surface area contributed by atoms with Crippen LogP contribution in [0.5, 0.6) is 0 Å². The number of methoxy groups -OCH3 is 1. The van der Waals surface area contributed by atoms with Gasteiger partial charge >= 0.3 is 5.97 Å². The molecule has 1 aliphatic rings. The highest BCUT2D eigenvalue weighted by atomic mass is 35.5. The predicted octanol–water partition coefficient (Wildman–Crippen LogP) is 2.35. The second kappa shape index (κ2) is 5.52. The van der Waals surface area contributed by atoms with Gasteiger partial charge in [0.2, 0.25) is 0 Å². The van der Waals surface area contributed by atoms with E-state index in [9.17, 15) is 4.79 Å². The second-order valence-electron chi connectivity index (χ2n) is 4.26. The highest BCUT2D eigenvalue weighted by Crippen LogP contribution is 2.27. The maximum atomic E-state index is 11.9. The number of halogens is 1. The third-order valence-electron chi connectivity index (χ3n) is 3.19. The van der Waals surface area contributed by atoms with Gasteiger partial charge in [0.1, 0.15) is 0 Å². The van der Waals surface area contributed by atoms with Crippen LogP contribution >= 0.6 is 11.6 Å². The third kappa shape index (κ3) is 2.79. The standard InChI is InChI=1S/C13H16ClNO2/c1-17-13(16)12(11-3-2-8-15-11)9-4-6-10(14)7-5-9/h4-7,11-12,15H,2-3,8H2,1H3. The molecule has 2 atom stereocenters. The molecule has 3 nitrogen and oxygen atoms in total. The summed E-state index contributed by atoms with van der Waals surface area (Å²) >= 11 is 5.86. The molecule has 1 aliphatic heterocycles. The molecule has 1 saturated heterocycles. The maximum Gasteiger partial charge on any atom is 0.314 e. The van der Waals surface area contributed by atoms with Crippen LogP contribution in [0.1, 0.15) is 24.3 Å². The number of hydrogen-bond acceptors (Lipinski definition) is 3. The van der Waals surface area contributed by atoms with Crippen molar-refractivity contribution in [3.63, 3.8) is 0 Å². The fourth-order valence-corrected chi connectivity index (χ4v) is 2.45. The molecule has 0 aromatic heterocycles. The lowest BCUT2D eigenvalue weighted by atomic mass is 9.90. The Morgan fingerprint density at radius 1 is 1.47 bits per heavy atom. The van der Waals surface area contributed by atoms with Crippen LogP contribution in [0, 0.1) is 0 Å². The maximum absolute atomic E-state index is 11.9. The minimum Gasteiger partial charge on any atom is -0.469 e. The summed E-state index contributed by atoms with van der Waals surface area (Å²) in [7, 11) is 1.43. The summed E-state index contributed by atoms with van der Waals surface area (Å²) in [5.41, 5.74) is 0.959. The van der Waals surface area contributed by atoms with Gasteiger partial charge in [-0.25, -0.2) is 0 Å². The van der Waals surface area contributed by atoms with Crippen LogP contribution in [0.2, 0.25) is 5.02 Å². The van der Waals surface area contributed by atoms with Crippen LogP contribution in [0.3, 0.4) is 0 Å². The van der Waals surface area contributed by atoms with Gasteiger partial charge in [0.05, 0.1) is 13.0 Å². The molecular weight excluding hydrogens is 238 g/mol. The Morgan fingerprint density at radius 3 is 2.71 bits per heavy atom. The van der Waals surface area contributed by atoms with Gasteiger partial charge in [-0.05, 0) is 37.1 Å². The van der Waals surface area contributed by atoms with Gasteiger partial charge in [0.15, 0.2) is 0 Å². The molecule has 0 radical (unpaired) electrons. The first-order chi connectivity index (χ1) is 8.22. The van der Waals surface area contributed by atoms with E-state index in [4.69, 9.17) is 16.3 Å². The zero-order valence-electron chi connectivity index (χ0n) is 9.78. The zero-order chi connectivity index (χ0) is 12.3. The van der Waals surface area contributed by atoms with Crippen molar-refractivity contribution in [2.45, 2.75) is 24.8 Å². The first kappa shape index (κ1) is 12.4. The Morgan fingerprint density at radius 2 is 2.18 bits per heavy atom. The fraction of sp³-hybridized carbons (Fsp3) is 0.462. The summed E-state index contributed by atoms with van der Waals surface area (Å²) in [5.74, 6) is -0.425. The zero-order valence-corrected chi connectivity index (χ0v) is 10.5. The van der Waals surface area contributed by atoms with E-state index >= 15 is 0 Å². The predicted molar refractivity (Wildman–Crippen MR) is 67.2 cm³/mol. The number of ether oxygens (including phenoxy) is 1. The fourth-order valence-electron chi connectivity index (χ4n) is 2.33. The molecule has 2 rings (SSSR count). The minimum absolute atomic E-state index is 0.170. The van der Waals surface area contributed by atoms with Gasteiger partial charge in [-0.15, -0.1) is 0 Å². The third-order valence-corrected chi connectivity index (χ3v) is 3.44. The summed E-state index contributed by atoms with van der Waals surface area (Å²) in [6.45, 7) is 0.964. The number of hydrogen-bond donors (Lipinski definition) is 1. The van der Waals surface area contributed by atoms with Gasteiger partial charge in [-0.3, -0.25) is 4.79 Å². The molecule has 1 fully saturated rings. The summed E-state index contributed by atoms with van der Waals surface area (Å²) in [6.07, 6.45) is 2.11. The first-order valence-corrected chi connectivity index (χ1v) is 6.17. The van der Waals surface area contributed by atoms with E-state index in [1.807, 2.05) is 24.3 Å². The van der Waals surface area contributed by atoms with Gasteiger partial charge in [0.25, 0.3) is 0 Å². The number of benzene rings is 1. The van der Waals surface area contributed by atoms with Crippen molar-refractivity contribution in [1.82, 2.24) is 5.32 Å². The lowest BCUT2D eigenvalue weighted by molar-refractivity contribution is -0.143. The summed E-state index contributed by atoms with van der Waals surface area (Å²) < 4.78 is 4.90. The SMILES string of the molecule is COC(=O)C(c1ccc(Cl)cc1)C1CCCN1. The Labute approximate surface area is 106 Å². The first-order valence-electron chi connectivity index (χ1n) is 5.79. The molecule has 2 unspecified atom stereocenters. The van der Waals surface area contributed by atoms with Crippen LogP contribution in [0.15, 0.2) is 24.3 Å². The van der Waals surface area contributed by atoms with Crippen LogP contribution in [0.25, 0.3) is 0 Å². The van der Waals surface area contributed by atoms with E-state index in [2.05, 4.69) is 5.32 Å². The molecule has 1 N–H and O–H groups in total. The van der Waals surface area contributed by atoms with Crippen molar-refractivity contribution < 1.29 is 9.53 Å². The highest BCUT2D eigenvalue weighted by molar-refractivity contribution is 6.30. The summed E-state index contributed by atoms with van der Waals surface area (Å²) in [6, 6.07) is 7.57. The molecule has 1 heterocycles. The van der Waals surface area contributed by atoms with E-state index in [1.165, 1.54) is 7.11 Å². The van der Waals surface area contributed by atoms with Crippen LogP contribution < -0.4 is 5.32 Å². The normalized spacial score (nSPS) is 21.2. The Hall–Kier alpha value is -1.06. The van der Waals surface area contributed by atoms with Gasteiger partial charge in [-0.1, -0.05) is 23.7 Å². The van der Waals surface area contributed by atoms with Crippen LogP contribution in [0.4, 0.5) is 0 Å². The second-order valence-corrected chi connectivity index (χ2v) is 4.69. The average molecular weight is 254 g/mol. The van der Waals surface area contributed by atoms with Crippen molar-refractivity contribution in [2.24, 2.45) is 0 Å². The molecule has 0 saturated carbocycles. The van der Waals surface area contributed by atoms with Crippen molar-refractivity contribution in [1.29, 1.82) is 0 Å². The van der Waals surface area contributed by atoms with E-state index in [0.717, 1.165) is 24.9 Å². The minimum atomic E-state index is -0.236. The summed E-state index contributed by atoms with van der Waals surface area (Å²) in [5, 5.41) is 4.03. The molecule has 0 amide bonds. The van der Waals surface area contributed by atoms with E-state index in [0.29, 0.717) is 5.02 Å². The molecule has 1 aromatic carbocycles. The lowest BCUT2D eigenvalue weighted by Gasteiger charge is -2.21. The average Bonchev–Trinajstić information content (AvgIpc) is 2.85. The molecule has 0 aliphatic carbocycles. The molecule has 1 aromatic rings. The Bertz CT molecular complexity index is 385. The molecular formula is C13H16ClNO2. The van der Waals surface area contributed by atoms with E-state index in [1.54, 1.807) is 0 Å². The largest absolute Gasteiger partial charge is 0.469 e. The van der Waals surface area contributed by atoms with Crippen molar-refractivity contribution in [3.8, 4) is 0 Å². The molecule has 92 valence electrons. The topological polar surface area (TPSA) is 38.3 Å². The number of rotatable bonds is 3. The monoisotopic (exact) mass is 253 g/mol. The lowest BCUT2D eigenvalue weighted by Crippen LogP contribution is -2.34. The van der Waals surface area contributed by atoms with E-state index < -0.39 is 0 Å². The smallest absolute Gasteiger partial charge is 0.314 e. The highest BCUT2D eigenvalue weighted by Gasteiger charge is 2.32. The molecule has 0 spiro atoms. The van der Waals surface area contributed by atoms with Crippen LogP contribution in [-0.2, 0) is 9.53 Å². The van der Waals surface area contributed by atoms with Gasteiger partial charge in [0, 0.05) is 11.1 Å². The Balaban J connectivity index is 2.25. The Kier molecular flexibility index (Phi) is 4.02.